The Morgan fingerprint density at radius 3 is 2.43 bits per heavy atom. The third-order valence-electron chi connectivity index (χ3n) is 3.55. The van der Waals surface area contributed by atoms with Gasteiger partial charge in [-0.2, -0.15) is 0 Å². The Morgan fingerprint density at radius 1 is 1.21 bits per heavy atom. The topological polar surface area (TPSA) is 29.3 Å². The molecule has 0 aliphatic heterocycles. The van der Waals surface area contributed by atoms with Crippen LogP contribution in [-0.4, -0.2) is 30.1 Å². The van der Waals surface area contributed by atoms with Gasteiger partial charge in [-0.05, 0) is 57.5 Å². The van der Waals surface area contributed by atoms with E-state index < -0.39 is 0 Å². The minimum Gasteiger partial charge on any atom is -0.327 e. The minimum absolute atomic E-state index is 0.494. The molecule has 0 aromatic heterocycles. The third kappa shape index (κ3) is 2.96. The molecular weight excluding hydrogens is 172 g/mol. The molecule has 14 heavy (non-hydrogen) atoms. The van der Waals surface area contributed by atoms with Crippen molar-refractivity contribution in [2.75, 3.05) is 13.1 Å². The molecule has 0 bridgehead atoms. The second-order valence-corrected chi connectivity index (χ2v) is 5.06. The van der Waals surface area contributed by atoms with Crippen molar-refractivity contribution < 1.29 is 0 Å². The summed E-state index contributed by atoms with van der Waals surface area (Å²) in [6, 6.07) is 1.41. The number of nitrogens with two attached hydrogens (primary N) is 1. The molecule has 0 amide bonds. The molecule has 1 atom stereocenters. The summed E-state index contributed by atoms with van der Waals surface area (Å²) in [5.74, 6) is 0.873. The SMILES string of the molecule is CCCN(CCC(N)C1CC1)C1CC1. The lowest BCUT2D eigenvalue weighted by Gasteiger charge is -2.23. The highest BCUT2D eigenvalue weighted by Gasteiger charge is 2.31. The Hall–Kier alpha value is -0.0800. The maximum atomic E-state index is 6.12. The molecule has 0 radical (unpaired) electrons. The van der Waals surface area contributed by atoms with Gasteiger partial charge < -0.3 is 10.6 Å². The predicted molar refractivity (Wildman–Crippen MR) is 60.2 cm³/mol. The molecule has 1 unspecified atom stereocenters. The van der Waals surface area contributed by atoms with Crippen LogP contribution in [0, 0.1) is 5.92 Å². The molecule has 2 heteroatoms. The highest BCUT2D eigenvalue weighted by atomic mass is 15.2. The maximum absolute atomic E-state index is 6.12. The van der Waals surface area contributed by atoms with E-state index in [2.05, 4.69) is 11.8 Å². The van der Waals surface area contributed by atoms with Gasteiger partial charge in [0, 0.05) is 12.1 Å². The molecule has 2 saturated carbocycles. The third-order valence-corrected chi connectivity index (χ3v) is 3.55. The van der Waals surface area contributed by atoms with Gasteiger partial charge in [-0.3, -0.25) is 0 Å². The van der Waals surface area contributed by atoms with Crippen molar-refractivity contribution in [1.29, 1.82) is 0 Å². The first-order chi connectivity index (χ1) is 6.81. The first-order valence-corrected chi connectivity index (χ1v) is 6.31. The zero-order valence-electron chi connectivity index (χ0n) is 9.41. The second kappa shape index (κ2) is 4.63. The summed E-state index contributed by atoms with van der Waals surface area (Å²) >= 11 is 0. The second-order valence-electron chi connectivity index (χ2n) is 5.06. The van der Waals surface area contributed by atoms with Gasteiger partial charge in [0.15, 0.2) is 0 Å². The van der Waals surface area contributed by atoms with Gasteiger partial charge in [0.1, 0.15) is 0 Å². The van der Waals surface area contributed by atoms with Crippen molar-refractivity contribution in [1.82, 2.24) is 4.90 Å². The summed E-state index contributed by atoms with van der Waals surface area (Å²) in [5, 5.41) is 0. The van der Waals surface area contributed by atoms with Crippen LogP contribution in [0.1, 0.15) is 45.4 Å². The lowest BCUT2D eigenvalue weighted by molar-refractivity contribution is 0.250. The summed E-state index contributed by atoms with van der Waals surface area (Å²) in [6.07, 6.45) is 8.14. The fourth-order valence-corrected chi connectivity index (χ4v) is 2.28. The average Bonchev–Trinajstić information content (AvgIpc) is 3.05. The van der Waals surface area contributed by atoms with Crippen LogP contribution in [-0.2, 0) is 0 Å². The summed E-state index contributed by atoms with van der Waals surface area (Å²) in [7, 11) is 0. The number of rotatable bonds is 7. The Labute approximate surface area is 87.8 Å². The van der Waals surface area contributed by atoms with Crippen molar-refractivity contribution in [3.63, 3.8) is 0 Å². The predicted octanol–water partition coefficient (Wildman–Crippen LogP) is 1.99. The molecule has 0 heterocycles. The summed E-state index contributed by atoms with van der Waals surface area (Å²) < 4.78 is 0. The van der Waals surface area contributed by atoms with E-state index in [4.69, 9.17) is 5.73 Å². The van der Waals surface area contributed by atoms with Crippen LogP contribution >= 0.6 is 0 Å². The van der Waals surface area contributed by atoms with Gasteiger partial charge in [0.05, 0.1) is 0 Å². The van der Waals surface area contributed by atoms with E-state index in [1.807, 2.05) is 0 Å². The fraction of sp³-hybridized carbons (Fsp3) is 1.00. The van der Waals surface area contributed by atoms with Crippen molar-refractivity contribution in [2.24, 2.45) is 11.7 Å². The van der Waals surface area contributed by atoms with E-state index in [9.17, 15) is 0 Å². The molecule has 2 aliphatic carbocycles. The van der Waals surface area contributed by atoms with E-state index in [-0.39, 0.29) is 0 Å². The van der Waals surface area contributed by atoms with Crippen molar-refractivity contribution in [3.8, 4) is 0 Å². The molecule has 2 fully saturated rings. The molecule has 2 nitrogen and oxygen atoms in total. The van der Waals surface area contributed by atoms with Crippen LogP contribution in [0.2, 0.25) is 0 Å². The summed E-state index contributed by atoms with van der Waals surface area (Å²) in [6.45, 7) is 4.80. The van der Waals surface area contributed by atoms with Crippen LogP contribution < -0.4 is 5.73 Å². The number of hydrogen-bond acceptors (Lipinski definition) is 2. The van der Waals surface area contributed by atoms with E-state index >= 15 is 0 Å². The van der Waals surface area contributed by atoms with Crippen molar-refractivity contribution >= 4 is 0 Å². The highest BCUT2D eigenvalue weighted by Crippen LogP contribution is 2.33. The van der Waals surface area contributed by atoms with Gasteiger partial charge in [-0.1, -0.05) is 6.92 Å². The Kier molecular flexibility index (Phi) is 3.45. The van der Waals surface area contributed by atoms with Crippen LogP contribution in [0.5, 0.6) is 0 Å². The van der Waals surface area contributed by atoms with E-state index in [0.717, 1.165) is 12.0 Å². The molecule has 0 saturated heterocycles. The molecule has 0 spiro atoms. The normalized spacial score (nSPS) is 24.2. The summed E-state index contributed by atoms with van der Waals surface area (Å²) in [4.78, 5) is 2.66. The molecule has 2 rings (SSSR count). The minimum atomic E-state index is 0.494. The van der Waals surface area contributed by atoms with Gasteiger partial charge in [-0.15, -0.1) is 0 Å². The molecular formula is C12H24N2. The van der Waals surface area contributed by atoms with Gasteiger partial charge in [0.2, 0.25) is 0 Å². The standard InChI is InChI=1S/C12H24N2/c1-2-8-14(11-5-6-11)9-7-12(13)10-3-4-10/h10-12H,2-9,13H2,1H3. The number of nitrogens with zero attached hydrogens (tertiary/aromatic N) is 1. The smallest absolute Gasteiger partial charge is 0.00964 e. The molecule has 82 valence electrons. The van der Waals surface area contributed by atoms with Gasteiger partial charge in [0.25, 0.3) is 0 Å². The zero-order valence-corrected chi connectivity index (χ0v) is 9.41. The first-order valence-electron chi connectivity index (χ1n) is 6.31. The lowest BCUT2D eigenvalue weighted by Crippen LogP contribution is -2.33. The molecule has 2 aliphatic rings. The first kappa shape index (κ1) is 10.4. The van der Waals surface area contributed by atoms with Crippen LogP contribution in [0.15, 0.2) is 0 Å². The van der Waals surface area contributed by atoms with Crippen LogP contribution in [0.3, 0.4) is 0 Å². The van der Waals surface area contributed by atoms with E-state index in [1.165, 1.54) is 51.6 Å². The van der Waals surface area contributed by atoms with Crippen molar-refractivity contribution in [3.05, 3.63) is 0 Å². The Bertz CT molecular complexity index is 173. The average molecular weight is 196 g/mol. The largest absolute Gasteiger partial charge is 0.327 e. The fourth-order valence-electron chi connectivity index (χ4n) is 2.28. The Balaban J connectivity index is 1.64. The lowest BCUT2D eigenvalue weighted by atomic mass is 10.1. The van der Waals surface area contributed by atoms with Gasteiger partial charge >= 0.3 is 0 Å². The summed E-state index contributed by atoms with van der Waals surface area (Å²) in [5.41, 5.74) is 6.12. The quantitative estimate of drug-likeness (QED) is 0.674. The molecule has 0 aromatic carbocycles. The van der Waals surface area contributed by atoms with Crippen molar-refractivity contribution in [2.45, 2.75) is 57.5 Å². The number of hydrogen-bond donors (Lipinski definition) is 1. The van der Waals surface area contributed by atoms with Gasteiger partial charge in [-0.25, -0.2) is 0 Å². The highest BCUT2D eigenvalue weighted by molar-refractivity contribution is 4.88. The Morgan fingerprint density at radius 2 is 1.93 bits per heavy atom. The van der Waals surface area contributed by atoms with E-state index in [0.29, 0.717) is 6.04 Å². The molecule has 0 aromatic rings. The zero-order chi connectivity index (χ0) is 9.97. The van der Waals surface area contributed by atoms with Crippen LogP contribution in [0.25, 0.3) is 0 Å². The molecule has 2 N–H and O–H groups in total. The van der Waals surface area contributed by atoms with E-state index in [1.54, 1.807) is 0 Å². The monoisotopic (exact) mass is 196 g/mol. The van der Waals surface area contributed by atoms with Crippen LogP contribution in [0.4, 0.5) is 0 Å². The maximum Gasteiger partial charge on any atom is 0.00964 e.